The maximum atomic E-state index is 12.3. The van der Waals surface area contributed by atoms with Gasteiger partial charge in [-0.2, -0.15) is 0 Å². The number of amides is 2. The Bertz CT molecular complexity index is 1030. The number of anilines is 2. The molecule has 4 N–H and O–H groups in total. The fraction of sp³-hybridized carbons (Fsp3) is 0.143. The number of hydrogen-bond acceptors (Lipinski definition) is 7. The second-order valence-electron chi connectivity index (χ2n) is 6.29. The summed E-state index contributed by atoms with van der Waals surface area (Å²) in [6.07, 6.45) is 1.79. The molecule has 0 radical (unpaired) electrons. The maximum absolute atomic E-state index is 12.3. The van der Waals surface area contributed by atoms with E-state index in [1.807, 2.05) is 24.3 Å². The second-order valence-corrected chi connectivity index (χ2v) is 7.29. The van der Waals surface area contributed by atoms with Gasteiger partial charge in [-0.05, 0) is 42.5 Å². The van der Waals surface area contributed by atoms with Crippen molar-refractivity contribution in [1.82, 2.24) is 0 Å². The molecule has 8 nitrogen and oxygen atoms in total. The standard InChI is InChI=1S/C21H20N4O4S/c1-29-20(27)11-15-10-19(25-17-5-3-2-4-16(17)23-15)30-12-18(26)24-14-8-6-13(7-9-14)21(22)28/h2-10,23H,11-12H2,1H3,(H2,22,28)(H,24,26). The highest BCUT2D eigenvalue weighted by atomic mass is 32.2. The number of para-hydroxylation sites is 2. The van der Waals surface area contributed by atoms with Gasteiger partial charge in [-0.3, -0.25) is 14.4 Å². The number of ether oxygens (including phenoxy) is 1. The zero-order chi connectivity index (χ0) is 21.5. The van der Waals surface area contributed by atoms with Crippen LogP contribution in [0.4, 0.5) is 17.1 Å². The molecule has 1 aliphatic heterocycles. The SMILES string of the molecule is COC(=O)CC1=CC(SCC(=O)Nc2ccc(C(N)=O)cc2)=Nc2ccccc2N1. The Hall–Kier alpha value is -3.59. The Morgan fingerprint density at radius 1 is 1.13 bits per heavy atom. The van der Waals surface area contributed by atoms with E-state index in [-0.39, 0.29) is 24.1 Å². The van der Waals surface area contributed by atoms with Crippen molar-refractivity contribution >= 4 is 51.7 Å². The number of thioether (sulfide) groups is 1. The molecule has 0 saturated heterocycles. The van der Waals surface area contributed by atoms with Crippen molar-refractivity contribution in [2.24, 2.45) is 10.7 Å². The average molecular weight is 424 g/mol. The number of nitrogens with zero attached hydrogens (tertiary/aromatic N) is 1. The van der Waals surface area contributed by atoms with Gasteiger partial charge < -0.3 is 21.1 Å². The van der Waals surface area contributed by atoms with E-state index >= 15 is 0 Å². The van der Waals surface area contributed by atoms with E-state index in [1.54, 1.807) is 30.3 Å². The fourth-order valence-corrected chi connectivity index (χ4v) is 3.38. The lowest BCUT2D eigenvalue weighted by molar-refractivity contribution is -0.139. The molecule has 30 heavy (non-hydrogen) atoms. The number of fused-ring (bicyclic) bond motifs is 1. The van der Waals surface area contributed by atoms with E-state index in [0.29, 0.717) is 27.7 Å². The number of carbonyl (C=O) groups excluding carboxylic acids is 3. The minimum absolute atomic E-state index is 0.0584. The zero-order valence-corrected chi connectivity index (χ0v) is 17.0. The summed E-state index contributed by atoms with van der Waals surface area (Å²) >= 11 is 1.24. The molecule has 1 heterocycles. The number of nitrogens with one attached hydrogen (secondary N) is 2. The van der Waals surface area contributed by atoms with Crippen LogP contribution in [-0.2, 0) is 14.3 Å². The summed E-state index contributed by atoms with van der Waals surface area (Å²) in [5.41, 5.74) is 8.23. The molecule has 0 atom stereocenters. The summed E-state index contributed by atoms with van der Waals surface area (Å²) in [6.45, 7) is 0. The van der Waals surface area contributed by atoms with Crippen molar-refractivity contribution in [3.63, 3.8) is 0 Å². The summed E-state index contributed by atoms with van der Waals surface area (Å²) in [7, 11) is 1.33. The molecule has 154 valence electrons. The molecule has 0 aromatic heterocycles. The lowest BCUT2D eigenvalue weighted by atomic mass is 10.2. The van der Waals surface area contributed by atoms with E-state index in [0.717, 1.165) is 5.69 Å². The van der Waals surface area contributed by atoms with Crippen molar-refractivity contribution in [3.05, 3.63) is 65.9 Å². The first-order valence-electron chi connectivity index (χ1n) is 8.99. The highest BCUT2D eigenvalue weighted by Crippen LogP contribution is 2.31. The molecule has 2 amide bonds. The van der Waals surface area contributed by atoms with Gasteiger partial charge in [0.2, 0.25) is 11.8 Å². The Balaban J connectivity index is 1.69. The van der Waals surface area contributed by atoms with Crippen molar-refractivity contribution in [3.8, 4) is 0 Å². The molecule has 0 spiro atoms. The van der Waals surface area contributed by atoms with Crippen LogP contribution >= 0.6 is 11.8 Å². The minimum Gasteiger partial charge on any atom is -0.469 e. The first-order chi connectivity index (χ1) is 14.4. The van der Waals surface area contributed by atoms with Gasteiger partial charge in [0.15, 0.2) is 0 Å². The van der Waals surface area contributed by atoms with Gasteiger partial charge in [-0.25, -0.2) is 4.99 Å². The third-order valence-electron chi connectivity index (χ3n) is 4.09. The predicted octanol–water partition coefficient (Wildman–Crippen LogP) is 3.06. The highest BCUT2D eigenvalue weighted by molar-refractivity contribution is 8.14. The van der Waals surface area contributed by atoms with Crippen molar-refractivity contribution in [1.29, 1.82) is 0 Å². The van der Waals surface area contributed by atoms with Crippen LogP contribution in [0.3, 0.4) is 0 Å². The lowest BCUT2D eigenvalue weighted by Gasteiger charge is -2.09. The Labute approximate surface area is 177 Å². The van der Waals surface area contributed by atoms with Gasteiger partial charge in [0.1, 0.15) is 0 Å². The van der Waals surface area contributed by atoms with Crippen LogP contribution in [0.15, 0.2) is 65.3 Å². The van der Waals surface area contributed by atoms with Gasteiger partial charge in [0.25, 0.3) is 0 Å². The number of hydrogen-bond donors (Lipinski definition) is 3. The number of rotatable bonds is 6. The van der Waals surface area contributed by atoms with Gasteiger partial charge in [-0.1, -0.05) is 23.9 Å². The number of benzene rings is 2. The number of esters is 1. The molecule has 2 aromatic rings. The molecule has 0 bridgehead atoms. The molecule has 0 fully saturated rings. The fourth-order valence-electron chi connectivity index (χ4n) is 2.64. The monoisotopic (exact) mass is 424 g/mol. The van der Waals surface area contributed by atoms with Crippen LogP contribution < -0.4 is 16.4 Å². The van der Waals surface area contributed by atoms with Crippen LogP contribution in [0.5, 0.6) is 0 Å². The third kappa shape index (κ3) is 5.71. The Morgan fingerprint density at radius 2 is 1.87 bits per heavy atom. The summed E-state index contributed by atoms with van der Waals surface area (Å²) in [5, 5.41) is 6.54. The third-order valence-corrected chi connectivity index (χ3v) is 5.01. The molecule has 0 aliphatic carbocycles. The number of primary amides is 1. The van der Waals surface area contributed by atoms with E-state index in [2.05, 4.69) is 15.6 Å². The van der Waals surface area contributed by atoms with Crippen molar-refractivity contribution in [2.45, 2.75) is 6.42 Å². The van der Waals surface area contributed by atoms with E-state index < -0.39 is 5.91 Å². The molecule has 3 rings (SSSR count). The summed E-state index contributed by atoms with van der Waals surface area (Å²) in [5.74, 6) is -1.03. The van der Waals surface area contributed by atoms with E-state index in [9.17, 15) is 14.4 Å². The van der Waals surface area contributed by atoms with Crippen molar-refractivity contribution in [2.75, 3.05) is 23.5 Å². The van der Waals surface area contributed by atoms with Crippen LogP contribution in [0.1, 0.15) is 16.8 Å². The molecule has 0 unspecified atom stereocenters. The summed E-state index contributed by atoms with van der Waals surface area (Å²) in [4.78, 5) is 39.7. The molecule has 2 aromatic carbocycles. The predicted molar refractivity (Wildman–Crippen MR) is 118 cm³/mol. The number of methoxy groups -OCH3 is 1. The van der Waals surface area contributed by atoms with Gasteiger partial charge in [0, 0.05) is 16.9 Å². The average Bonchev–Trinajstić information content (AvgIpc) is 2.91. The van der Waals surface area contributed by atoms with Crippen molar-refractivity contribution < 1.29 is 19.1 Å². The zero-order valence-electron chi connectivity index (χ0n) is 16.2. The minimum atomic E-state index is -0.529. The van der Waals surface area contributed by atoms with Crippen LogP contribution in [0, 0.1) is 0 Å². The number of carbonyl (C=O) groups is 3. The van der Waals surface area contributed by atoms with Crippen LogP contribution in [-0.4, -0.2) is 35.7 Å². The number of aliphatic imine (C=N–C) groups is 1. The quantitative estimate of drug-likeness (QED) is 0.613. The highest BCUT2D eigenvalue weighted by Gasteiger charge is 2.15. The van der Waals surface area contributed by atoms with Gasteiger partial charge >= 0.3 is 5.97 Å². The molecule has 9 heteroatoms. The number of nitrogens with two attached hydrogens (primary N) is 1. The Morgan fingerprint density at radius 3 is 2.57 bits per heavy atom. The maximum Gasteiger partial charge on any atom is 0.311 e. The summed E-state index contributed by atoms with van der Waals surface area (Å²) < 4.78 is 4.75. The topological polar surface area (TPSA) is 123 Å². The first-order valence-corrected chi connectivity index (χ1v) is 9.98. The smallest absolute Gasteiger partial charge is 0.311 e. The molecule has 0 saturated carbocycles. The van der Waals surface area contributed by atoms with Crippen LogP contribution in [0.25, 0.3) is 0 Å². The Kier molecular flexibility index (Phi) is 6.87. The summed E-state index contributed by atoms with van der Waals surface area (Å²) in [6, 6.07) is 13.8. The van der Waals surface area contributed by atoms with E-state index in [4.69, 9.17) is 10.5 Å². The van der Waals surface area contributed by atoms with Gasteiger partial charge in [-0.15, -0.1) is 0 Å². The van der Waals surface area contributed by atoms with Gasteiger partial charge in [0.05, 0.1) is 35.7 Å². The van der Waals surface area contributed by atoms with Crippen LogP contribution in [0.2, 0.25) is 0 Å². The first kappa shape index (κ1) is 21.1. The molecular weight excluding hydrogens is 404 g/mol. The second kappa shape index (κ2) is 9.75. The molecular formula is C21H20N4O4S. The largest absolute Gasteiger partial charge is 0.469 e. The van der Waals surface area contributed by atoms with E-state index in [1.165, 1.54) is 18.9 Å². The molecule has 1 aliphatic rings. The lowest BCUT2D eigenvalue weighted by Crippen LogP contribution is -2.16. The normalized spacial score (nSPS) is 12.4.